The number of nitrogens with zero attached hydrogens (tertiary/aromatic N) is 1. The molecule has 2 heterocycles. The SMILES string of the molecule is O=C(O)c1[nH]nc2c1CCc1cocc1-2. The number of furan rings is 1. The third-order valence-electron chi connectivity index (χ3n) is 2.72. The first-order valence-corrected chi connectivity index (χ1v) is 4.63. The summed E-state index contributed by atoms with van der Waals surface area (Å²) < 4.78 is 5.09. The maximum Gasteiger partial charge on any atom is 0.354 e. The van der Waals surface area contributed by atoms with Crippen LogP contribution in [0, 0.1) is 0 Å². The molecule has 2 aromatic heterocycles. The Morgan fingerprint density at radius 3 is 3.13 bits per heavy atom. The molecule has 0 saturated heterocycles. The minimum absolute atomic E-state index is 0.192. The lowest BCUT2D eigenvalue weighted by atomic mass is 9.92. The molecular formula is C10H8N2O3. The standard InChI is InChI=1S/C10H8N2O3/c13-10(14)9-6-2-1-5-3-15-4-7(5)8(6)11-12-9/h3-4H,1-2H2,(H,11,12)(H,13,14). The van der Waals surface area contributed by atoms with E-state index in [0.29, 0.717) is 12.1 Å². The van der Waals surface area contributed by atoms with Crippen LogP contribution in [0.4, 0.5) is 0 Å². The van der Waals surface area contributed by atoms with Crippen molar-refractivity contribution >= 4 is 5.97 Å². The van der Waals surface area contributed by atoms with Crippen molar-refractivity contribution in [3.05, 3.63) is 29.3 Å². The van der Waals surface area contributed by atoms with Crippen LogP contribution in [0.3, 0.4) is 0 Å². The minimum Gasteiger partial charge on any atom is -0.477 e. The first-order chi connectivity index (χ1) is 7.27. The lowest BCUT2D eigenvalue weighted by Gasteiger charge is -2.09. The Hall–Kier alpha value is -2.04. The van der Waals surface area contributed by atoms with E-state index in [9.17, 15) is 4.79 Å². The normalized spacial score (nSPS) is 13.3. The lowest BCUT2D eigenvalue weighted by molar-refractivity contribution is 0.0689. The zero-order valence-corrected chi connectivity index (χ0v) is 7.78. The summed E-state index contributed by atoms with van der Waals surface area (Å²) in [6.45, 7) is 0. The van der Waals surface area contributed by atoms with Crippen molar-refractivity contribution in [3.8, 4) is 11.3 Å². The predicted octanol–water partition coefficient (Wildman–Crippen LogP) is 1.47. The monoisotopic (exact) mass is 204 g/mol. The molecule has 0 saturated carbocycles. The second kappa shape index (κ2) is 2.73. The van der Waals surface area contributed by atoms with Gasteiger partial charge in [0.2, 0.25) is 0 Å². The molecule has 0 amide bonds. The van der Waals surface area contributed by atoms with Gasteiger partial charge in [0, 0.05) is 16.7 Å². The molecule has 15 heavy (non-hydrogen) atoms. The van der Waals surface area contributed by atoms with Gasteiger partial charge in [-0.15, -0.1) is 0 Å². The van der Waals surface area contributed by atoms with E-state index < -0.39 is 5.97 Å². The van der Waals surface area contributed by atoms with Crippen LogP contribution in [0.1, 0.15) is 21.6 Å². The molecular weight excluding hydrogens is 196 g/mol. The van der Waals surface area contributed by atoms with Gasteiger partial charge in [-0.25, -0.2) is 4.79 Å². The smallest absolute Gasteiger partial charge is 0.354 e. The Balaban J connectivity index is 2.23. The van der Waals surface area contributed by atoms with Gasteiger partial charge in [0.15, 0.2) is 0 Å². The molecule has 0 aromatic carbocycles. The van der Waals surface area contributed by atoms with Gasteiger partial charge < -0.3 is 9.52 Å². The number of carboxylic acid groups (broad SMARTS) is 1. The predicted molar refractivity (Wildman–Crippen MR) is 50.7 cm³/mol. The summed E-state index contributed by atoms with van der Waals surface area (Å²) >= 11 is 0. The molecule has 0 atom stereocenters. The highest BCUT2D eigenvalue weighted by Gasteiger charge is 2.25. The number of aromatic nitrogens is 2. The van der Waals surface area contributed by atoms with Gasteiger partial charge >= 0.3 is 5.97 Å². The van der Waals surface area contributed by atoms with Crippen molar-refractivity contribution in [1.29, 1.82) is 0 Å². The van der Waals surface area contributed by atoms with Crippen LogP contribution in [0.2, 0.25) is 0 Å². The minimum atomic E-state index is -0.962. The Labute approximate surface area is 84.7 Å². The summed E-state index contributed by atoms with van der Waals surface area (Å²) in [6.07, 6.45) is 4.80. The molecule has 3 rings (SSSR count). The van der Waals surface area contributed by atoms with Gasteiger partial charge in [0.25, 0.3) is 0 Å². The number of hydrogen-bond acceptors (Lipinski definition) is 3. The average Bonchev–Trinajstić information content (AvgIpc) is 2.82. The first-order valence-electron chi connectivity index (χ1n) is 4.63. The van der Waals surface area contributed by atoms with Crippen LogP contribution in [-0.4, -0.2) is 21.3 Å². The van der Waals surface area contributed by atoms with Gasteiger partial charge in [0.05, 0.1) is 18.2 Å². The fraction of sp³-hybridized carbons (Fsp3) is 0.200. The Kier molecular flexibility index (Phi) is 1.50. The maximum atomic E-state index is 10.9. The molecule has 1 aliphatic carbocycles. The van der Waals surface area contributed by atoms with Crippen molar-refractivity contribution in [1.82, 2.24) is 10.2 Å². The molecule has 0 aliphatic heterocycles. The zero-order valence-electron chi connectivity index (χ0n) is 7.78. The lowest BCUT2D eigenvalue weighted by Crippen LogP contribution is -2.06. The highest BCUT2D eigenvalue weighted by atomic mass is 16.4. The Morgan fingerprint density at radius 2 is 2.33 bits per heavy atom. The molecule has 0 fully saturated rings. The second-order valence-electron chi connectivity index (χ2n) is 3.54. The third kappa shape index (κ3) is 1.03. The number of aryl methyl sites for hydroxylation is 1. The van der Waals surface area contributed by atoms with Crippen LogP contribution >= 0.6 is 0 Å². The van der Waals surface area contributed by atoms with Gasteiger partial charge in [-0.05, 0) is 12.8 Å². The molecule has 0 bridgehead atoms. The van der Waals surface area contributed by atoms with Crippen molar-refractivity contribution in [2.24, 2.45) is 0 Å². The second-order valence-corrected chi connectivity index (χ2v) is 3.54. The topological polar surface area (TPSA) is 79.1 Å². The largest absolute Gasteiger partial charge is 0.477 e. The van der Waals surface area contributed by atoms with Gasteiger partial charge in [0.1, 0.15) is 5.69 Å². The first kappa shape index (κ1) is 8.28. The third-order valence-corrected chi connectivity index (χ3v) is 2.72. The molecule has 1 aliphatic rings. The van der Waals surface area contributed by atoms with Crippen molar-refractivity contribution in [3.63, 3.8) is 0 Å². The van der Waals surface area contributed by atoms with Crippen LogP contribution in [-0.2, 0) is 12.8 Å². The number of carbonyl (C=O) groups is 1. The number of aromatic carboxylic acids is 1. The van der Waals surface area contributed by atoms with E-state index in [4.69, 9.17) is 9.52 Å². The number of carboxylic acids is 1. The molecule has 0 spiro atoms. The highest BCUT2D eigenvalue weighted by Crippen LogP contribution is 2.33. The van der Waals surface area contributed by atoms with E-state index in [1.807, 2.05) is 0 Å². The molecule has 2 N–H and O–H groups in total. The average molecular weight is 204 g/mol. The van der Waals surface area contributed by atoms with E-state index in [-0.39, 0.29) is 5.69 Å². The number of fused-ring (bicyclic) bond motifs is 3. The van der Waals surface area contributed by atoms with Crippen molar-refractivity contribution in [2.45, 2.75) is 12.8 Å². The van der Waals surface area contributed by atoms with Gasteiger partial charge in [-0.2, -0.15) is 5.10 Å². The van der Waals surface area contributed by atoms with Crippen LogP contribution < -0.4 is 0 Å². The molecule has 76 valence electrons. The number of H-pyrrole nitrogens is 1. The zero-order chi connectivity index (χ0) is 10.4. The summed E-state index contributed by atoms with van der Waals surface area (Å²) in [4.78, 5) is 10.9. The summed E-state index contributed by atoms with van der Waals surface area (Å²) in [5, 5.41) is 15.5. The number of nitrogens with one attached hydrogen (secondary N) is 1. The van der Waals surface area contributed by atoms with E-state index >= 15 is 0 Å². The Bertz CT molecular complexity index is 539. The van der Waals surface area contributed by atoms with Crippen molar-refractivity contribution in [2.75, 3.05) is 0 Å². The molecule has 0 unspecified atom stereocenters. The van der Waals surface area contributed by atoms with E-state index in [0.717, 1.165) is 23.1 Å². The van der Waals surface area contributed by atoms with Crippen LogP contribution in [0.25, 0.3) is 11.3 Å². The number of aromatic amines is 1. The number of hydrogen-bond donors (Lipinski definition) is 2. The van der Waals surface area contributed by atoms with Crippen molar-refractivity contribution < 1.29 is 14.3 Å². The fourth-order valence-electron chi connectivity index (χ4n) is 1.99. The molecule has 2 aromatic rings. The van der Waals surface area contributed by atoms with E-state index in [1.54, 1.807) is 12.5 Å². The highest BCUT2D eigenvalue weighted by molar-refractivity contribution is 5.90. The summed E-state index contributed by atoms with van der Waals surface area (Å²) in [5.41, 5.74) is 3.67. The summed E-state index contributed by atoms with van der Waals surface area (Å²) in [5.74, 6) is -0.962. The van der Waals surface area contributed by atoms with Gasteiger partial charge in [-0.3, -0.25) is 5.10 Å². The summed E-state index contributed by atoms with van der Waals surface area (Å²) in [7, 11) is 0. The summed E-state index contributed by atoms with van der Waals surface area (Å²) in [6, 6.07) is 0. The Morgan fingerprint density at radius 1 is 1.47 bits per heavy atom. The van der Waals surface area contributed by atoms with Crippen LogP contribution in [0.5, 0.6) is 0 Å². The van der Waals surface area contributed by atoms with Gasteiger partial charge in [-0.1, -0.05) is 0 Å². The fourth-order valence-corrected chi connectivity index (χ4v) is 1.99. The molecule has 5 heteroatoms. The molecule has 0 radical (unpaired) electrons. The maximum absolute atomic E-state index is 10.9. The van der Waals surface area contributed by atoms with Crippen LogP contribution in [0.15, 0.2) is 16.9 Å². The quantitative estimate of drug-likeness (QED) is 0.737. The molecule has 5 nitrogen and oxygen atoms in total. The van der Waals surface area contributed by atoms with E-state index in [1.165, 1.54) is 0 Å². The number of rotatable bonds is 1. The van der Waals surface area contributed by atoms with E-state index in [2.05, 4.69) is 10.2 Å².